The second-order valence-corrected chi connectivity index (χ2v) is 7.31. The number of hydrogen-bond donors (Lipinski definition) is 0. The van der Waals surface area contributed by atoms with Gasteiger partial charge in [0.1, 0.15) is 0 Å². The first-order valence-corrected chi connectivity index (χ1v) is 8.28. The number of rotatable bonds is 6. The molecule has 1 aliphatic rings. The summed E-state index contributed by atoms with van der Waals surface area (Å²) in [5.74, 6) is 0.567. The average molecular weight is 322 g/mol. The van der Waals surface area contributed by atoms with Crippen LogP contribution in [-0.4, -0.2) is 40.3 Å². The van der Waals surface area contributed by atoms with E-state index in [1.165, 1.54) is 0 Å². The van der Waals surface area contributed by atoms with Gasteiger partial charge in [-0.25, -0.2) is 0 Å². The number of nitriles is 1. The molecule has 1 fully saturated rings. The van der Waals surface area contributed by atoms with Gasteiger partial charge in [0.05, 0.1) is 19.3 Å². The third-order valence-corrected chi connectivity index (χ3v) is 4.43. The summed E-state index contributed by atoms with van der Waals surface area (Å²) in [6.07, 6.45) is 5.74. The summed E-state index contributed by atoms with van der Waals surface area (Å²) in [6.45, 7) is 10.6. The van der Waals surface area contributed by atoms with E-state index in [0.717, 1.165) is 44.2 Å². The fraction of sp³-hybridized carbons (Fsp3) is 0.750. The van der Waals surface area contributed by atoms with E-state index in [0.29, 0.717) is 12.3 Å². The number of imidazole rings is 1. The molecule has 0 unspecified atom stereocenters. The molecule has 0 radical (unpaired) electrons. The zero-order valence-corrected chi connectivity index (χ0v) is 14.6. The molecule has 1 atom stereocenters. The van der Waals surface area contributed by atoms with Crippen LogP contribution in [0.2, 0.25) is 0 Å². The molecule has 0 bridgehead atoms. The van der Waals surface area contributed by atoms with E-state index in [1.54, 1.807) is 0 Å². The van der Waals surface area contributed by atoms with Crippen molar-refractivity contribution < 1.29 is 4.74 Å². The smallest absolute Gasteiger partial charge is 0.181 e. The van der Waals surface area contributed by atoms with Gasteiger partial charge < -0.3 is 13.9 Å². The first-order chi connectivity index (χ1) is 10.4. The summed E-state index contributed by atoms with van der Waals surface area (Å²) in [5.41, 5.74) is -0.0148. The maximum absolute atomic E-state index is 8.87. The predicted molar refractivity (Wildman–Crippen MR) is 89.0 cm³/mol. The minimum atomic E-state index is -0.0148. The summed E-state index contributed by atoms with van der Waals surface area (Å²) >= 11 is 5.60. The van der Waals surface area contributed by atoms with Gasteiger partial charge in [0.2, 0.25) is 0 Å². The fourth-order valence-corrected chi connectivity index (χ4v) is 3.22. The number of aromatic nitrogens is 2. The molecule has 0 spiro atoms. The Labute approximate surface area is 138 Å². The lowest BCUT2D eigenvalue weighted by Gasteiger charge is -2.25. The van der Waals surface area contributed by atoms with Gasteiger partial charge in [0.15, 0.2) is 4.77 Å². The highest BCUT2D eigenvalue weighted by molar-refractivity contribution is 7.71. The van der Waals surface area contributed by atoms with E-state index in [9.17, 15) is 0 Å². The zero-order chi connectivity index (χ0) is 16.2. The maximum atomic E-state index is 8.87. The van der Waals surface area contributed by atoms with Crippen molar-refractivity contribution in [1.29, 1.82) is 5.26 Å². The first-order valence-electron chi connectivity index (χ1n) is 7.87. The molecule has 122 valence electrons. The average Bonchev–Trinajstić information content (AvgIpc) is 3.06. The van der Waals surface area contributed by atoms with E-state index in [4.69, 9.17) is 22.2 Å². The topological polar surface area (TPSA) is 46.1 Å². The van der Waals surface area contributed by atoms with Crippen LogP contribution in [0.25, 0.3) is 0 Å². The Bertz CT molecular complexity index is 572. The third-order valence-electron chi connectivity index (χ3n) is 4.00. The standard InChI is InChI=1S/C16H26N4OS/c1-16(2,3)20-9-8-19(15(20)22)13-18(7-4-6-17)11-14-5-10-21-12-14/h8-9,14H,4-5,7,10-13H2,1-3H3/t14-/m1/s1. The highest BCUT2D eigenvalue weighted by Crippen LogP contribution is 2.17. The minimum absolute atomic E-state index is 0.0148. The Balaban J connectivity index is 2.07. The van der Waals surface area contributed by atoms with Crippen LogP contribution in [0.1, 0.15) is 33.6 Å². The van der Waals surface area contributed by atoms with Crippen molar-refractivity contribution in [3.8, 4) is 6.07 Å². The second-order valence-electron chi connectivity index (χ2n) is 6.95. The van der Waals surface area contributed by atoms with E-state index >= 15 is 0 Å². The molecule has 0 aromatic carbocycles. The summed E-state index contributed by atoms with van der Waals surface area (Å²) < 4.78 is 10.5. The van der Waals surface area contributed by atoms with E-state index in [-0.39, 0.29) is 5.54 Å². The molecule has 0 N–H and O–H groups in total. The Morgan fingerprint density at radius 3 is 2.77 bits per heavy atom. The fourth-order valence-electron chi connectivity index (χ4n) is 2.77. The number of hydrogen-bond acceptors (Lipinski definition) is 4. The normalized spacial score (nSPS) is 18.8. The molecule has 1 aromatic rings. The van der Waals surface area contributed by atoms with Gasteiger partial charge in [-0.1, -0.05) is 0 Å². The van der Waals surface area contributed by atoms with Crippen LogP contribution >= 0.6 is 12.2 Å². The Kier molecular flexibility index (Phi) is 5.79. The Hall–Kier alpha value is -1.16. The number of ether oxygens (including phenoxy) is 1. The summed E-state index contributed by atoms with van der Waals surface area (Å²) in [6, 6.07) is 2.24. The van der Waals surface area contributed by atoms with Gasteiger partial charge in [-0.05, 0) is 45.3 Å². The van der Waals surface area contributed by atoms with Gasteiger partial charge in [0, 0.05) is 44.0 Å². The summed E-state index contributed by atoms with van der Waals surface area (Å²) in [7, 11) is 0. The van der Waals surface area contributed by atoms with Crippen LogP contribution < -0.4 is 0 Å². The summed E-state index contributed by atoms with van der Waals surface area (Å²) in [5, 5.41) is 8.87. The quantitative estimate of drug-likeness (QED) is 0.755. The second kappa shape index (κ2) is 7.40. The predicted octanol–water partition coefficient (Wildman–Crippen LogP) is 2.98. The van der Waals surface area contributed by atoms with Crippen LogP contribution in [0.3, 0.4) is 0 Å². The van der Waals surface area contributed by atoms with E-state index in [2.05, 4.69) is 40.9 Å². The highest BCUT2D eigenvalue weighted by atomic mass is 32.1. The molecule has 1 aliphatic heterocycles. The highest BCUT2D eigenvalue weighted by Gasteiger charge is 2.20. The minimum Gasteiger partial charge on any atom is -0.381 e. The van der Waals surface area contributed by atoms with Gasteiger partial charge in [-0.3, -0.25) is 4.90 Å². The number of nitrogens with zero attached hydrogens (tertiary/aromatic N) is 4. The van der Waals surface area contributed by atoms with Crippen LogP contribution in [-0.2, 0) is 16.9 Å². The maximum Gasteiger partial charge on any atom is 0.181 e. The van der Waals surface area contributed by atoms with E-state index < -0.39 is 0 Å². The van der Waals surface area contributed by atoms with E-state index in [1.807, 2.05) is 12.4 Å². The first kappa shape index (κ1) is 17.2. The van der Waals surface area contributed by atoms with Gasteiger partial charge >= 0.3 is 0 Å². The van der Waals surface area contributed by atoms with Crippen LogP contribution in [0.5, 0.6) is 0 Å². The Morgan fingerprint density at radius 1 is 1.45 bits per heavy atom. The van der Waals surface area contributed by atoms with Crippen molar-refractivity contribution >= 4 is 12.2 Å². The molecule has 1 aromatic heterocycles. The Morgan fingerprint density at radius 2 is 2.23 bits per heavy atom. The van der Waals surface area contributed by atoms with Crippen LogP contribution in [0.15, 0.2) is 12.4 Å². The SMILES string of the molecule is CC(C)(C)n1ccn(CN(CCC#N)C[C@H]2CCOC2)c1=S. The van der Waals surface area contributed by atoms with Crippen LogP contribution in [0, 0.1) is 22.0 Å². The molecular weight excluding hydrogens is 296 g/mol. The molecule has 0 aliphatic carbocycles. The molecule has 1 saturated heterocycles. The lowest BCUT2D eigenvalue weighted by Crippen LogP contribution is -2.33. The van der Waals surface area contributed by atoms with Gasteiger partial charge in [-0.15, -0.1) is 0 Å². The molecule has 22 heavy (non-hydrogen) atoms. The summed E-state index contributed by atoms with van der Waals surface area (Å²) in [4.78, 5) is 2.31. The van der Waals surface area contributed by atoms with Crippen molar-refractivity contribution in [2.45, 2.75) is 45.8 Å². The van der Waals surface area contributed by atoms with Crippen molar-refractivity contribution in [3.63, 3.8) is 0 Å². The van der Waals surface area contributed by atoms with Crippen molar-refractivity contribution in [2.75, 3.05) is 26.3 Å². The molecule has 0 amide bonds. The lowest BCUT2D eigenvalue weighted by molar-refractivity contribution is 0.152. The monoisotopic (exact) mass is 322 g/mol. The third kappa shape index (κ3) is 4.42. The van der Waals surface area contributed by atoms with Gasteiger partial charge in [0.25, 0.3) is 0 Å². The molecule has 2 rings (SSSR count). The zero-order valence-electron chi connectivity index (χ0n) is 13.8. The molecule has 2 heterocycles. The van der Waals surface area contributed by atoms with Crippen molar-refractivity contribution in [1.82, 2.24) is 14.0 Å². The molecule has 6 heteroatoms. The lowest BCUT2D eigenvalue weighted by atomic mass is 10.1. The molecule has 0 saturated carbocycles. The van der Waals surface area contributed by atoms with Crippen molar-refractivity contribution in [2.24, 2.45) is 5.92 Å². The largest absolute Gasteiger partial charge is 0.381 e. The van der Waals surface area contributed by atoms with Crippen molar-refractivity contribution in [3.05, 3.63) is 17.2 Å². The van der Waals surface area contributed by atoms with Crippen LogP contribution in [0.4, 0.5) is 0 Å². The molecular formula is C16H26N4OS. The van der Waals surface area contributed by atoms with Gasteiger partial charge in [-0.2, -0.15) is 5.26 Å². The molecule has 5 nitrogen and oxygen atoms in total.